The SMILES string of the molecule is O=C(c1cccc(OCc2cccc(Cl)c2)c1)N1CCC12CCC2. The van der Waals surface area contributed by atoms with Crippen molar-refractivity contribution in [3.05, 3.63) is 64.7 Å². The molecule has 0 atom stereocenters. The quantitative estimate of drug-likeness (QED) is 0.807. The van der Waals surface area contributed by atoms with Gasteiger partial charge in [0, 0.05) is 22.7 Å². The fraction of sp³-hybridized carbons (Fsp3) is 0.350. The minimum absolute atomic E-state index is 0.133. The van der Waals surface area contributed by atoms with Gasteiger partial charge in [0.2, 0.25) is 0 Å². The van der Waals surface area contributed by atoms with Gasteiger partial charge in [-0.3, -0.25) is 4.79 Å². The summed E-state index contributed by atoms with van der Waals surface area (Å²) in [5.74, 6) is 0.846. The molecule has 0 aromatic heterocycles. The van der Waals surface area contributed by atoms with Crippen LogP contribution in [-0.2, 0) is 6.61 Å². The lowest BCUT2D eigenvalue weighted by Crippen LogP contribution is -2.65. The van der Waals surface area contributed by atoms with Crippen molar-refractivity contribution in [3.8, 4) is 5.75 Å². The van der Waals surface area contributed by atoms with Crippen LogP contribution < -0.4 is 4.74 Å². The molecule has 4 heteroatoms. The standard InChI is InChI=1S/C20H20ClNO2/c21-17-6-1-4-15(12-17)14-24-18-7-2-5-16(13-18)19(23)22-11-10-20(22)8-3-9-20/h1-2,4-7,12-13H,3,8-11,14H2. The van der Waals surface area contributed by atoms with Crippen LogP contribution in [0.15, 0.2) is 48.5 Å². The topological polar surface area (TPSA) is 29.5 Å². The average molecular weight is 342 g/mol. The van der Waals surface area contributed by atoms with E-state index in [2.05, 4.69) is 0 Å². The molecule has 24 heavy (non-hydrogen) atoms. The Balaban J connectivity index is 1.44. The summed E-state index contributed by atoms with van der Waals surface area (Å²) in [6.45, 7) is 1.32. The highest BCUT2D eigenvalue weighted by molar-refractivity contribution is 6.30. The molecule has 1 saturated carbocycles. The molecule has 3 nitrogen and oxygen atoms in total. The van der Waals surface area contributed by atoms with Crippen LogP contribution in [0, 0.1) is 0 Å². The van der Waals surface area contributed by atoms with Crippen LogP contribution in [0.2, 0.25) is 5.02 Å². The number of rotatable bonds is 4. The van der Waals surface area contributed by atoms with Crippen LogP contribution in [-0.4, -0.2) is 22.9 Å². The largest absolute Gasteiger partial charge is 0.489 e. The number of likely N-dealkylation sites (tertiary alicyclic amines) is 1. The number of halogens is 1. The van der Waals surface area contributed by atoms with Gasteiger partial charge in [0.25, 0.3) is 5.91 Å². The van der Waals surface area contributed by atoms with Crippen molar-refractivity contribution in [2.24, 2.45) is 0 Å². The molecule has 1 aliphatic heterocycles. The number of hydrogen-bond acceptors (Lipinski definition) is 2. The monoisotopic (exact) mass is 341 g/mol. The Hall–Kier alpha value is -2.00. The predicted octanol–water partition coefficient (Wildman–Crippen LogP) is 4.69. The van der Waals surface area contributed by atoms with Crippen molar-refractivity contribution in [2.45, 2.75) is 37.8 Å². The van der Waals surface area contributed by atoms with Crippen molar-refractivity contribution < 1.29 is 9.53 Å². The molecular weight excluding hydrogens is 322 g/mol. The molecule has 0 bridgehead atoms. The Morgan fingerprint density at radius 1 is 1.12 bits per heavy atom. The van der Waals surface area contributed by atoms with E-state index in [9.17, 15) is 4.79 Å². The Labute approximate surface area is 147 Å². The van der Waals surface area contributed by atoms with Crippen molar-refractivity contribution in [1.82, 2.24) is 4.90 Å². The lowest BCUT2D eigenvalue weighted by molar-refractivity contribution is -0.0487. The fourth-order valence-electron chi connectivity index (χ4n) is 3.63. The maximum Gasteiger partial charge on any atom is 0.254 e. The Morgan fingerprint density at radius 3 is 2.62 bits per heavy atom. The van der Waals surface area contributed by atoms with Crippen LogP contribution in [0.4, 0.5) is 0 Å². The highest BCUT2D eigenvalue weighted by Gasteiger charge is 2.51. The van der Waals surface area contributed by atoms with Crippen molar-refractivity contribution in [3.63, 3.8) is 0 Å². The van der Waals surface area contributed by atoms with E-state index in [0.717, 1.165) is 31.4 Å². The zero-order valence-corrected chi connectivity index (χ0v) is 14.3. The molecule has 0 unspecified atom stereocenters. The molecule has 2 aromatic carbocycles. The maximum absolute atomic E-state index is 12.8. The average Bonchev–Trinajstić information content (AvgIpc) is 2.51. The Bertz CT molecular complexity index is 764. The van der Waals surface area contributed by atoms with Gasteiger partial charge in [-0.1, -0.05) is 29.8 Å². The Kier molecular flexibility index (Phi) is 3.97. The third-order valence-electron chi connectivity index (χ3n) is 5.28. The smallest absolute Gasteiger partial charge is 0.254 e. The molecule has 2 fully saturated rings. The van der Waals surface area contributed by atoms with E-state index in [1.807, 2.05) is 53.4 Å². The summed E-state index contributed by atoms with van der Waals surface area (Å²) in [4.78, 5) is 14.8. The second-order valence-electron chi connectivity index (χ2n) is 6.73. The van der Waals surface area contributed by atoms with Gasteiger partial charge in [0.1, 0.15) is 12.4 Å². The molecule has 124 valence electrons. The van der Waals surface area contributed by atoms with Crippen LogP contribution >= 0.6 is 11.6 Å². The van der Waals surface area contributed by atoms with E-state index in [4.69, 9.17) is 16.3 Å². The number of hydrogen-bond donors (Lipinski definition) is 0. The van der Waals surface area contributed by atoms with Gasteiger partial charge in [0.05, 0.1) is 0 Å². The van der Waals surface area contributed by atoms with Gasteiger partial charge in [-0.2, -0.15) is 0 Å². The van der Waals surface area contributed by atoms with Gasteiger partial charge in [0.15, 0.2) is 0 Å². The summed E-state index contributed by atoms with van der Waals surface area (Å²) in [6, 6.07) is 15.1. The summed E-state index contributed by atoms with van der Waals surface area (Å²) < 4.78 is 5.83. The molecule has 1 heterocycles. The normalized spacial score (nSPS) is 18.0. The van der Waals surface area contributed by atoms with Crippen molar-refractivity contribution in [2.75, 3.05) is 6.54 Å². The lowest BCUT2D eigenvalue weighted by atomic mass is 9.67. The highest BCUT2D eigenvalue weighted by atomic mass is 35.5. The highest BCUT2D eigenvalue weighted by Crippen LogP contribution is 2.47. The molecule has 0 radical (unpaired) electrons. The number of carbonyl (C=O) groups is 1. The van der Waals surface area contributed by atoms with Crippen LogP contribution in [0.25, 0.3) is 0 Å². The van der Waals surface area contributed by atoms with Crippen molar-refractivity contribution in [1.29, 1.82) is 0 Å². The first kappa shape index (κ1) is 15.5. The second-order valence-corrected chi connectivity index (χ2v) is 7.17. The van der Waals surface area contributed by atoms with E-state index in [1.165, 1.54) is 6.42 Å². The maximum atomic E-state index is 12.8. The summed E-state index contributed by atoms with van der Waals surface area (Å²) in [5, 5.41) is 0.698. The first-order valence-electron chi connectivity index (χ1n) is 8.46. The fourth-order valence-corrected chi connectivity index (χ4v) is 3.84. The summed E-state index contributed by atoms with van der Waals surface area (Å²) >= 11 is 5.99. The van der Waals surface area contributed by atoms with Crippen LogP contribution in [0.3, 0.4) is 0 Å². The van der Waals surface area contributed by atoms with Crippen LogP contribution in [0.1, 0.15) is 41.6 Å². The predicted molar refractivity (Wildman–Crippen MR) is 94.5 cm³/mol. The van der Waals surface area contributed by atoms with Gasteiger partial charge < -0.3 is 9.64 Å². The van der Waals surface area contributed by atoms with Gasteiger partial charge in [-0.25, -0.2) is 0 Å². The zero-order chi connectivity index (χ0) is 16.6. The molecule has 2 aromatic rings. The molecule has 4 rings (SSSR count). The molecular formula is C20H20ClNO2. The van der Waals surface area contributed by atoms with E-state index in [1.54, 1.807) is 0 Å². The second kappa shape index (κ2) is 6.14. The van der Waals surface area contributed by atoms with E-state index in [-0.39, 0.29) is 11.4 Å². The number of ether oxygens (including phenoxy) is 1. The van der Waals surface area contributed by atoms with Crippen LogP contribution in [0.5, 0.6) is 5.75 Å². The molecule has 1 saturated heterocycles. The van der Waals surface area contributed by atoms with E-state index < -0.39 is 0 Å². The zero-order valence-electron chi connectivity index (χ0n) is 13.5. The minimum Gasteiger partial charge on any atom is -0.489 e. The molecule has 1 amide bonds. The lowest BCUT2D eigenvalue weighted by Gasteiger charge is -2.58. The molecule has 2 aliphatic rings. The number of carbonyl (C=O) groups excluding carboxylic acids is 1. The third kappa shape index (κ3) is 2.78. The first-order valence-corrected chi connectivity index (χ1v) is 8.83. The van der Waals surface area contributed by atoms with Gasteiger partial charge in [-0.15, -0.1) is 0 Å². The third-order valence-corrected chi connectivity index (χ3v) is 5.51. The molecule has 1 aliphatic carbocycles. The number of benzene rings is 2. The van der Waals surface area contributed by atoms with E-state index >= 15 is 0 Å². The summed E-state index contributed by atoms with van der Waals surface area (Å²) in [5.41, 5.74) is 1.90. The first-order chi connectivity index (χ1) is 11.7. The summed E-state index contributed by atoms with van der Waals surface area (Å²) in [7, 11) is 0. The number of nitrogens with zero attached hydrogens (tertiary/aromatic N) is 1. The minimum atomic E-state index is 0.133. The summed E-state index contributed by atoms with van der Waals surface area (Å²) in [6.07, 6.45) is 4.71. The Morgan fingerprint density at radius 2 is 1.96 bits per heavy atom. The molecule has 0 N–H and O–H groups in total. The molecule has 1 spiro atoms. The number of amides is 1. The van der Waals surface area contributed by atoms with Crippen molar-refractivity contribution >= 4 is 17.5 Å². The van der Waals surface area contributed by atoms with Gasteiger partial charge in [-0.05, 0) is 61.6 Å². The van der Waals surface area contributed by atoms with Gasteiger partial charge >= 0.3 is 0 Å². The van der Waals surface area contributed by atoms with E-state index in [0.29, 0.717) is 22.9 Å².